The molecule has 0 radical (unpaired) electrons. The Labute approximate surface area is 135 Å². The third-order valence-electron chi connectivity index (χ3n) is 4.23. The predicted octanol–water partition coefficient (Wildman–Crippen LogP) is 3.90. The molecule has 2 rings (SSSR count). The first-order valence-corrected chi connectivity index (χ1v) is 8.94. The SMILES string of the molecule is CCC/C=C/C1COC(CC[C@H]2CO[C@H](CCC)OC2)OC1. The molecular formula is C18H32O4. The van der Waals surface area contributed by atoms with E-state index in [-0.39, 0.29) is 12.6 Å². The summed E-state index contributed by atoms with van der Waals surface area (Å²) >= 11 is 0. The fraction of sp³-hybridized carbons (Fsp3) is 0.889. The van der Waals surface area contributed by atoms with Crippen LogP contribution in [0.1, 0.15) is 52.4 Å². The van der Waals surface area contributed by atoms with Crippen molar-refractivity contribution >= 4 is 0 Å². The quantitative estimate of drug-likeness (QED) is 0.637. The van der Waals surface area contributed by atoms with Crippen LogP contribution >= 0.6 is 0 Å². The maximum atomic E-state index is 5.82. The smallest absolute Gasteiger partial charge is 0.157 e. The van der Waals surface area contributed by atoms with Gasteiger partial charge < -0.3 is 18.9 Å². The van der Waals surface area contributed by atoms with Crippen molar-refractivity contribution in [3.05, 3.63) is 12.2 Å². The van der Waals surface area contributed by atoms with E-state index in [0.29, 0.717) is 11.8 Å². The van der Waals surface area contributed by atoms with Crippen LogP contribution < -0.4 is 0 Å². The standard InChI is InChI=1S/C18H32O4/c1-3-5-6-8-15-11-21-18(22-12-15)10-9-16-13-19-17(7-4-2)20-14-16/h6,8,15-18H,3-5,7,9-14H2,1-2H3/b8-6+/t15?,16-,17-,18?. The predicted molar refractivity (Wildman–Crippen MR) is 86.6 cm³/mol. The third-order valence-corrected chi connectivity index (χ3v) is 4.23. The van der Waals surface area contributed by atoms with E-state index in [1.165, 1.54) is 6.42 Å². The van der Waals surface area contributed by atoms with Gasteiger partial charge in [-0.2, -0.15) is 0 Å². The first-order chi connectivity index (χ1) is 10.8. The van der Waals surface area contributed by atoms with Crippen molar-refractivity contribution in [3.63, 3.8) is 0 Å². The van der Waals surface area contributed by atoms with Crippen LogP contribution in [-0.2, 0) is 18.9 Å². The second-order valence-electron chi connectivity index (χ2n) is 6.40. The summed E-state index contributed by atoms with van der Waals surface area (Å²) in [6.45, 7) is 7.51. The topological polar surface area (TPSA) is 36.9 Å². The number of allylic oxidation sites excluding steroid dienone is 1. The molecule has 2 aliphatic heterocycles. The molecule has 0 atom stereocenters. The lowest BCUT2D eigenvalue weighted by atomic mass is 10.0. The average molecular weight is 312 g/mol. The molecule has 0 spiro atoms. The van der Waals surface area contributed by atoms with Crippen molar-refractivity contribution < 1.29 is 18.9 Å². The van der Waals surface area contributed by atoms with Gasteiger partial charge in [-0.1, -0.05) is 38.8 Å². The highest BCUT2D eigenvalue weighted by Gasteiger charge is 2.25. The first-order valence-electron chi connectivity index (χ1n) is 8.94. The lowest BCUT2D eigenvalue weighted by molar-refractivity contribution is -0.215. The van der Waals surface area contributed by atoms with E-state index in [9.17, 15) is 0 Å². The van der Waals surface area contributed by atoms with Crippen LogP contribution in [0.15, 0.2) is 12.2 Å². The van der Waals surface area contributed by atoms with Crippen molar-refractivity contribution in [2.45, 2.75) is 65.0 Å². The molecule has 2 aliphatic rings. The van der Waals surface area contributed by atoms with Crippen molar-refractivity contribution in [3.8, 4) is 0 Å². The number of ether oxygens (including phenoxy) is 4. The Morgan fingerprint density at radius 3 is 2.05 bits per heavy atom. The molecule has 0 aromatic rings. The average Bonchev–Trinajstić information content (AvgIpc) is 2.56. The summed E-state index contributed by atoms with van der Waals surface area (Å²) in [5, 5.41) is 0. The monoisotopic (exact) mass is 312 g/mol. The lowest BCUT2D eigenvalue weighted by Crippen LogP contribution is -2.34. The van der Waals surface area contributed by atoms with E-state index in [1.807, 2.05) is 0 Å². The van der Waals surface area contributed by atoms with Crippen LogP contribution in [0, 0.1) is 11.8 Å². The second-order valence-corrected chi connectivity index (χ2v) is 6.40. The summed E-state index contributed by atoms with van der Waals surface area (Å²) in [7, 11) is 0. The fourth-order valence-electron chi connectivity index (χ4n) is 2.82. The highest BCUT2D eigenvalue weighted by atomic mass is 16.7. The lowest BCUT2D eigenvalue weighted by Gasteiger charge is -2.32. The summed E-state index contributed by atoms with van der Waals surface area (Å²) in [4.78, 5) is 0. The van der Waals surface area contributed by atoms with E-state index in [4.69, 9.17) is 18.9 Å². The third kappa shape index (κ3) is 6.37. The summed E-state index contributed by atoms with van der Waals surface area (Å²) in [6.07, 6.45) is 10.8. The van der Waals surface area contributed by atoms with E-state index in [2.05, 4.69) is 26.0 Å². The van der Waals surface area contributed by atoms with Crippen LogP contribution in [0.2, 0.25) is 0 Å². The largest absolute Gasteiger partial charge is 0.352 e. The molecule has 2 fully saturated rings. The molecule has 4 nitrogen and oxygen atoms in total. The van der Waals surface area contributed by atoms with Crippen LogP contribution in [0.25, 0.3) is 0 Å². The van der Waals surface area contributed by atoms with Gasteiger partial charge in [-0.25, -0.2) is 0 Å². The normalized spacial score (nSPS) is 33.4. The zero-order valence-corrected chi connectivity index (χ0v) is 14.2. The van der Waals surface area contributed by atoms with Gasteiger partial charge in [0.25, 0.3) is 0 Å². The Morgan fingerprint density at radius 2 is 1.41 bits per heavy atom. The van der Waals surface area contributed by atoms with Crippen molar-refractivity contribution in [2.24, 2.45) is 11.8 Å². The van der Waals surface area contributed by atoms with Gasteiger partial charge in [-0.05, 0) is 25.7 Å². The first kappa shape index (κ1) is 17.9. The minimum atomic E-state index is -0.0517. The van der Waals surface area contributed by atoms with Gasteiger partial charge in [0.2, 0.25) is 0 Å². The van der Waals surface area contributed by atoms with E-state index >= 15 is 0 Å². The molecule has 128 valence electrons. The van der Waals surface area contributed by atoms with Crippen LogP contribution in [0.3, 0.4) is 0 Å². The zero-order chi connectivity index (χ0) is 15.6. The van der Waals surface area contributed by atoms with Crippen LogP contribution in [0.5, 0.6) is 0 Å². The van der Waals surface area contributed by atoms with Crippen molar-refractivity contribution in [2.75, 3.05) is 26.4 Å². The van der Waals surface area contributed by atoms with Gasteiger partial charge in [-0.3, -0.25) is 0 Å². The molecule has 0 unspecified atom stereocenters. The highest BCUT2D eigenvalue weighted by Crippen LogP contribution is 2.22. The molecule has 0 N–H and O–H groups in total. The number of rotatable bonds is 8. The van der Waals surface area contributed by atoms with Gasteiger partial charge >= 0.3 is 0 Å². The second kappa shape index (κ2) is 10.4. The molecule has 0 bridgehead atoms. The van der Waals surface area contributed by atoms with Crippen molar-refractivity contribution in [1.82, 2.24) is 0 Å². The minimum absolute atomic E-state index is 0.0131. The number of hydrogen-bond donors (Lipinski definition) is 0. The van der Waals surface area contributed by atoms with Crippen LogP contribution in [-0.4, -0.2) is 39.0 Å². The summed E-state index contributed by atoms with van der Waals surface area (Å²) in [5.74, 6) is 0.890. The van der Waals surface area contributed by atoms with Gasteiger partial charge in [0.1, 0.15) is 0 Å². The molecule has 22 heavy (non-hydrogen) atoms. The van der Waals surface area contributed by atoms with E-state index in [1.54, 1.807) is 0 Å². The molecule has 0 amide bonds. The molecule has 2 saturated heterocycles. The number of unbranched alkanes of at least 4 members (excludes halogenated alkanes) is 1. The molecule has 0 aromatic heterocycles. The van der Waals surface area contributed by atoms with Crippen LogP contribution in [0.4, 0.5) is 0 Å². The molecule has 0 aromatic carbocycles. The Bertz CT molecular complexity index is 302. The van der Waals surface area contributed by atoms with Gasteiger partial charge in [-0.15, -0.1) is 0 Å². The van der Waals surface area contributed by atoms with E-state index < -0.39 is 0 Å². The van der Waals surface area contributed by atoms with E-state index in [0.717, 1.165) is 58.5 Å². The zero-order valence-electron chi connectivity index (χ0n) is 14.2. The number of hydrogen-bond acceptors (Lipinski definition) is 4. The van der Waals surface area contributed by atoms with Crippen molar-refractivity contribution in [1.29, 1.82) is 0 Å². The maximum Gasteiger partial charge on any atom is 0.157 e. The highest BCUT2D eigenvalue weighted by molar-refractivity contribution is 4.89. The molecule has 4 heteroatoms. The summed E-state index contributed by atoms with van der Waals surface area (Å²) in [5.41, 5.74) is 0. The Hall–Kier alpha value is -0.420. The summed E-state index contributed by atoms with van der Waals surface area (Å²) < 4.78 is 23.1. The van der Waals surface area contributed by atoms with Gasteiger partial charge in [0.15, 0.2) is 12.6 Å². The maximum absolute atomic E-state index is 5.82. The van der Waals surface area contributed by atoms with Gasteiger partial charge in [0, 0.05) is 11.8 Å². The molecular weight excluding hydrogens is 280 g/mol. The molecule has 0 aliphatic carbocycles. The summed E-state index contributed by atoms with van der Waals surface area (Å²) in [6, 6.07) is 0. The molecule has 0 saturated carbocycles. The van der Waals surface area contributed by atoms with Gasteiger partial charge in [0.05, 0.1) is 26.4 Å². The Morgan fingerprint density at radius 1 is 0.773 bits per heavy atom. The Balaban J connectivity index is 1.55. The molecule has 2 heterocycles. The fourth-order valence-corrected chi connectivity index (χ4v) is 2.82. The minimum Gasteiger partial charge on any atom is -0.352 e. The Kier molecular flexibility index (Phi) is 8.45.